The minimum atomic E-state index is -0.902. The number of hydrogen-bond donors (Lipinski definition) is 1. The van der Waals surface area contributed by atoms with Crippen LogP contribution in [0.25, 0.3) is 10.8 Å². The lowest BCUT2D eigenvalue weighted by Crippen LogP contribution is -2.41. The van der Waals surface area contributed by atoms with Gasteiger partial charge in [0.1, 0.15) is 5.60 Å². The second-order valence-electron chi connectivity index (χ2n) is 6.32. The zero-order valence-corrected chi connectivity index (χ0v) is 13.1. The minimum absolute atomic E-state index is 0.305. The molecule has 0 saturated carbocycles. The summed E-state index contributed by atoms with van der Waals surface area (Å²) in [6.45, 7) is 5.15. The largest absolute Gasteiger partial charge is 0.454 e. The Balaban J connectivity index is 2.15. The molecule has 0 saturated heterocycles. The van der Waals surface area contributed by atoms with E-state index in [1.807, 2.05) is 42.5 Å². The average molecular weight is 299 g/mol. The SMILES string of the molecule is CC(C)(C)OC(=O)C(=O)[C@@H](N)Cc1cccc2ccccc12. The van der Waals surface area contributed by atoms with Crippen LogP contribution in [0, 0.1) is 0 Å². The third-order valence-electron chi connectivity index (χ3n) is 3.26. The van der Waals surface area contributed by atoms with Gasteiger partial charge in [-0.3, -0.25) is 4.79 Å². The van der Waals surface area contributed by atoms with E-state index in [0.29, 0.717) is 6.42 Å². The first kappa shape index (κ1) is 16.2. The molecule has 22 heavy (non-hydrogen) atoms. The van der Waals surface area contributed by atoms with Crippen molar-refractivity contribution in [1.29, 1.82) is 0 Å². The van der Waals surface area contributed by atoms with Gasteiger partial charge in [0.2, 0.25) is 0 Å². The van der Waals surface area contributed by atoms with Crippen LogP contribution < -0.4 is 5.73 Å². The highest BCUT2D eigenvalue weighted by Crippen LogP contribution is 2.20. The molecule has 0 heterocycles. The van der Waals surface area contributed by atoms with Crippen molar-refractivity contribution in [2.45, 2.75) is 38.8 Å². The lowest BCUT2D eigenvalue weighted by atomic mass is 9.97. The van der Waals surface area contributed by atoms with Crippen molar-refractivity contribution in [3.05, 3.63) is 48.0 Å². The predicted molar refractivity (Wildman–Crippen MR) is 86.5 cm³/mol. The minimum Gasteiger partial charge on any atom is -0.454 e. The summed E-state index contributed by atoms with van der Waals surface area (Å²) in [5.41, 5.74) is 6.15. The van der Waals surface area contributed by atoms with Gasteiger partial charge in [-0.25, -0.2) is 4.79 Å². The molecular weight excluding hydrogens is 278 g/mol. The molecule has 4 nitrogen and oxygen atoms in total. The average Bonchev–Trinajstić information content (AvgIpc) is 2.45. The molecule has 2 aromatic rings. The van der Waals surface area contributed by atoms with Gasteiger partial charge in [-0.2, -0.15) is 0 Å². The van der Waals surface area contributed by atoms with E-state index in [9.17, 15) is 9.59 Å². The molecule has 116 valence electrons. The van der Waals surface area contributed by atoms with Crippen LogP contribution in [0.15, 0.2) is 42.5 Å². The maximum absolute atomic E-state index is 12.1. The van der Waals surface area contributed by atoms with Crippen LogP contribution in [0.3, 0.4) is 0 Å². The third-order valence-corrected chi connectivity index (χ3v) is 3.26. The van der Waals surface area contributed by atoms with Gasteiger partial charge in [-0.1, -0.05) is 42.5 Å². The summed E-state index contributed by atoms with van der Waals surface area (Å²) in [5, 5.41) is 2.12. The van der Waals surface area contributed by atoms with Crippen LogP contribution >= 0.6 is 0 Å². The molecule has 0 spiro atoms. The fourth-order valence-electron chi connectivity index (χ4n) is 2.28. The molecule has 1 atom stereocenters. The molecule has 4 heteroatoms. The highest BCUT2D eigenvalue weighted by molar-refractivity contribution is 6.35. The monoisotopic (exact) mass is 299 g/mol. The summed E-state index contributed by atoms with van der Waals surface area (Å²) >= 11 is 0. The Morgan fingerprint density at radius 3 is 2.41 bits per heavy atom. The van der Waals surface area contributed by atoms with Gasteiger partial charge in [0.15, 0.2) is 0 Å². The molecule has 0 fully saturated rings. The highest BCUT2D eigenvalue weighted by Gasteiger charge is 2.27. The number of benzene rings is 2. The van der Waals surface area contributed by atoms with Crippen molar-refractivity contribution in [2.24, 2.45) is 5.73 Å². The van der Waals surface area contributed by atoms with Gasteiger partial charge in [0.25, 0.3) is 5.78 Å². The first-order chi connectivity index (χ1) is 10.3. The molecule has 0 radical (unpaired) electrons. The van der Waals surface area contributed by atoms with Gasteiger partial charge >= 0.3 is 5.97 Å². The first-order valence-electron chi connectivity index (χ1n) is 7.27. The van der Waals surface area contributed by atoms with Crippen molar-refractivity contribution in [1.82, 2.24) is 0 Å². The lowest BCUT2D eigenvalue weighted by molar-refractivity contribution is -0.162. The molecule has 0 bridgehead atoms. The van der Waals surface area contributed by atoms with E-state index in [0.717, 1.165) is 16.3 Å². The van der Waals surface area contributed by atoms with Crippen molar-refractivity contribution in [3.63, 3.8) is 0 Å². The molecule has 2 aromatic carbocycles. The third kappa shape index (κ3) is 3.92. The van der Waals surface area contributed by atoms with Crippen LogP contribution in [0.2, 0.25) is 0 Å². The summed E-state index contributed by atoms with van der Waals surface area (Å²) in [7, 11) is 0. The van der Waals surface area contributed by atoms with Gasteiger partial charge in [0, 0.05) is 0 Å². The zero-order chi connectivity index (χ0) is 16.3. The number of fused-ring (bicyclic) bond motifs is 1. The topological polar surface area (TPSA) is 69.4 Å². The molecule has 0 unspecified atom stereocenters. The number of rotatable bonds is 4. The fourth-order valence-corrected chi connectivity index (χ4v) is 2.28. The molecule has 2 rings (SSSR count). The van der Waals surface area contributed by atoms with Crippen LogP contribution in [0.4, 0.5) is 0 Å². The smallest absolute Gasteiger partial charge is 0.376 e. The number of ether oxygens (including phenoxy) is 1. The van der Waals surface area contributed by atoms with E-state index in [4.69, 9.17) is 10.5 Å². The van der Waals surface area contributed by atoms with E-state index >= 15 is 0 Å². The number of Topliss-reactive ketones (excluding diaryl/α,β-unsaturated/α-hetero) is 1. The van der Waals surface area contributed by atoms with E-state index < -0.39 is 23.4 Å². The van der Waals surface area contributed by atoms with Crippen molar-refractivity contribution in [3.8, 4) is 0 Å². The normalized spacial score (nSPS) is 12.9. The van der Waals surface area contributed by atoms with Crippen molar-refractivity contribution in [2.75, 3.05) is 0 Å². The van der Waals surface area contributed by atoms with E-state index in [-0.39, 0.29) is 0 Å². The molecule has 2 N–H and O–H groups in total. The lowest BCUT2D eigenvalue weighted by Gasteiger charge is -2.20. The Morgan fingerprint density at radius 1 is 1.09 bits per heavy atom. The van der Waals surface area contributed by atoms with Gasteiger partial charge in [-0.05, 0) is 43.5 Å². The Hall–Kier alpha value is -2.20. The van der Waals surface area contributed by atoms with Crippen molar-refractivity contribution >= 4 is 22.5 Å². The Labute approximate surface area is 130 Å². The van der Waals surface area contributed by atoms with Crippen molar-refractivity contribution < 1.29 is 14.3 Å². The fraction of sp³-hybridized carbons (Fsp3) is 0.333. The van der Waals surface area contributed by atoms with Gasteiger partial charge in [0.05, 0.1) is 6.04 Å². The van der Waals surface area contributed by atoms with E-state index in [1.165, 1.54) is 0 Å². The van der Waals surface area contributed by atoms with E-state index in [1.54, 1.807) is 20.8 Å². The standard InChI is InChI=1S/C18H21NO3/c1-18(2,3)22-17(21)16(20)15(19)11-13-9-6-8-12-7-4-5-10-14(12)13/h4-10,15H,11,19H2,1-3H3/t15-/m0/s1. The highest BCUT2D eigenvalue weighted by atomic mass is 16.6. The summed E-state index contributed by atoms with van der Waals surface area (Å²) in [4.78, 5) is 23.9. The summed E-state index contributed by atoms with van der Waals surface area (Å²) in [6, 6.07) is 12.8. The number of carbonyl (C=O) groups excluding carboxylic acids is 2. The predicted octanol–water partition coefficient (Wildman–Crippen LogP) is 2.62. The Kier molecular flexibility index (Phi) is 4.62. The number of esters is 1. The van der Waals surface area contributed by atoms with E-state index in [2.05, 4.69) is 0 Å². The molecule has 0 aliphatic carbocycles. The van der Waals surface area contributed by atoms with Gasteiger partial charge in [-0.15, -0.1) is 0 Å². The summed E-state index contributed by atoms with van der Waals surface area (Å²) in [6.07, 6.45) is 0.305. The van der Waals surface area contributed by atoms with Crippen LogP contribution in [-0.2, 0) is 20.7 Å². The Bertz CT molecular complexity index is 696. The second kappa shape index (κ2) is 6.28. The second-order valence-corrected chi connectivity index (χ2v) is 6.32. The molecular formula is C18H21NO3. The number of hydrogen-bond acceptors (Lipinski definition) is 4. The number of carbonyl (C=O) groups is 2. The Morgan fingerprint density at radius 2 is 1.73 bits per heavy atom. The molecule has 0 aliphatic rings. The number of nitrogens with two attached hydrogens (primary N) is 1. The molecule has 0 aliphatic heterocycles. The number of ketones is 1. The molecule has 0 aromatic heterocycles. The molecule has 0 amide bonds. The maximum atomic E-state index is 12.1. The maximum Gasteiger partial charge on any atom is 0.376 e. The quantitative estimate of drug-likeness (QED) is 0.696. The summed E-state index contributed by atoms with van der Waals surface area (Å²) < 4.78 is 5.08. The van der Waals surface area contributed by atoms with Crippen LogP contribution in [0.1, 0.15) is 26.3 Å². The van der Waals surface area contributed by atoms with Gasteiger partial charge < -0.3 is 10.5 Å². The van der Waals surface area contributed by atoms with Crippen LogP contribution in [0.5, 0.6) is 0 Å². The zero-order valence-electron chi connectivity index (χ0n) is 13.1. The van der Waals surface area contributed by atoms with Crippen LogP contribution in [-0.4, -0.2) is 23.4 Å². The summed E-state index contributed by atoms with van der Waals surface area (Å²) in [5.74, 6) is -1.57. The first-order valence-corrected chi connectivity index (χ1v) is 7.27.